The molecule has 2 aromatic carbocycles. The zero-order chi connectivity index (χ0) is 43.9. The number of aromatic nitrogens is 6. The first-order valence-corrected chi connectivity index (χ1v) is 20.2. The molecule has 62 heavy (non-hydrogen) atoms. The summed E-state index contributed by atoms with van der Waals surface area (Å²) in [4.78, 5) is 65.4. The average molecular weight is 840 g/mol. The molecule has 0 aliphatic carbocycles. The van der Waals surface area contributed by atoms with E-state index in [4.69, 9.17) is 14.8 Å². The Morgan fingerprint density at radius 3 is 1.56 bits per heavy atom. The van der Waals surface area contributed by atoms with Gasteiger partial charge in [0.1, 0.15) is 11.4 Å². The van der Waals surface area contributed by atoms with Crippen LogP contribution in [0.2, 0.25) is 0 Å². The molecule has 0 saturated carbocycles. The van der Waals surface area contributed by atoms with Gasteiger partial charge in [0.05, 0.1) is 30.8 Å². The first-order valence-electron chi connectivity index (χ1n) is 20.2. The van der Waals surface area contributed by atoms with Gasteiger partial charge < -0.3 is 45.6 Å². The minimum Gasteiger partial charge on any atom is -0.481 e. The van der Waals surface area contributed by atoms with Crippen LogP contribution in [0.4, 0.5) is 23.3 Å². The van der Waals surface area contributed by atoms with Gasteiger partial charge in [-0.25, -0.2) is 19.9 Å². The van der Waals surface area contributed by atoms with Crippen LogP contribution >= 0.6 is 0 Å². The van der Waals surface area contributed by atoms with E-state index in [1.807, 2.05) is 68.7 Å². The van der Waals surface area contributed by atoms with Crippen molar-refractivity contribution in [2.45, 2.75) is 53.6 Å². The van der Waals surface area contributed by atoms with E-state index in [1.54, 1.807) is 43.8 Å². The van der Waals surface area contributed by atoms with Gasteiger partial charge in [-0.3, -0.25) is 19.2 Å². The number of benzene rings is 2. The number of amides is 3. The summed E-state index contributed by atoms with van der Waals surface area (Å²) >= 11 is 0. The Hall–Kier alpha value is -7.40. The minimum atomic E-state index is -0.864. The molecular formula is C45H49N11O6. The van der Waals surface area contributed by atoms with Gasteiger partial charge in [-0.1, -0.05) is 24.3 Å². The molecule has 3 amide bonds. The fourth-order valence-electron chi connectivity index (χ4n) is 7.92. The van der Waals surface area contributed by atoms with Crippen molar-refractivity contribution in [2.75, 3.05) is 44.0 Å². The zero-order valence-electron chi connectivity index (χ0n) is 35.3. The molecule has 17 heteroatoms. The van der Waals surface area contributed by atoms with Crippen LogP contribution in [-0.2, 0) is 40.3 Å². The lowest BCUT2D eigenvalue weighted by Gasteiger charge is -2.17. The lowest BCUT2D eigenvalue weighted by Crippen LogP contribution is -2.35. The van der Waals surface area contributed by atoms with Crippen molar-refractivity contribution in [3.63, 3.8) is 0 Å². The molecule has 6 heterocycles. The van der Waals surface area contributed by atoms with Gasteiger partial charge in [-0.05, 0) is 86.3 Å². The van der Waals surface area contributed by atoms with E-state index in [-0.39, 0.29) is 24.1 Å². The first-order chi connectivity index (χ1) is 29.9. The molecule has 2 aliphatic heterocycles. The number of nitrogens with zero attached hydrogens (tertiary/aromatic N) is 6. The Bertz CT molecular complexity index is 2630. The normalized spacial score (nSPS) is 12.9. The summed E-state index contributed by atoms with van der Waals surface area (Å²) in [5.41, 5.74) is 11.9. The molecule has 0 unspecified atom stereocenters. The van der Waals surface area contributed by atoms with Gasteiger partial charge in [0.2, 0.25) is 17.8 Å². The summed E-state index contributed by atoms with van der Waals surface area (Å²) in [5, 5.41) is 23.8. The molecule has 0 spiro atoms. The number of hydrogen-bond donors (Lipinski definition) is 6. The third-order valence-electron chi connectivity index (χ3n) is 10.8. The van der Waals surface area contributed by atoms with E-state index in [9.17, 15) is 19.2 Å². The molecule has 2 aliphatic rings. The molecule has 17 nitrogen and oxygen atoms in total. The van der Waals surface area contributed by atoms with E-state index >= 15 is 0 Å². The standard InChI is InChI=1S/C24H28N6O3.C21H21N5O3/c1-15-21(16(2)30-12-10-26-23(32)22(15)30)19-8-9-27-24(29-19)28-18-6-4-17(5-7-18)14-20(31)25-11-13-33-3;1-12-18(13(2)26-10-9-22-20(29)19(12)26)16-7-8-23-21(25-16)24-15-5-3-14(4-6-15)11-17(27)28/h4-9H,10-14H2,1-3H3,(H,25,31)(H,26,32)(H,27,28,29);3-8H,9-11H2,1-2H3,(H,22,29)(H,27,28)(H,23,24,25). The number of rotatable bonds is 13. The van der Waals surface area contributed by atoms with Crippen LogP contribution in [0.5, 0.6) is 0 Å². The number of carboxylic acids is 1. The van der Waals surface area contributed by atoms with Crippen molar-refractivity contribution in [2.24, 2.45) is 0 Å². The molecule has 8 rings (SSSR count). The molecule has 0 atom stereocenters. The highest BCUT2D eigenvalue weighted by Gasteiger charge is 2.28. The number of carbonyl (C=O) groups excluding carboxylic acids is 3. The molecule has 320 valence electrons. The highest BCUT2D eigenvalue weighted by Crippen LogP contribution is 2.34. The molecular weight excluding hydrogens is 791 g/mol. The smallest absolute Gasteiger partial charge is 0.307 e. The summed E-state index contributed by atoms with van der Waals surface area (Å²) in [6, 6.07) is 18.4. The molecule has 0 saturated heterocycles. The zero-order valence-corrected chi connectivity index (χ0v) is 35.3. The second kappa shape index (κ2) is 18.9. The molecule has 0 fully saturated rings. The Balaban J connectivity index is 0.000000188. The summed E-state index contributed by atoms with van der Waals surface area (Å²) < 4.78 is 9.04. The predicted molar refractivity (Wildman–Crippen MR) is 234 cm³/mol. The van der Waals surface area contributed by atoms with E-state index in [0.29, 0.717) is 55.9 Å². The molecule has 0 bridgehead atoms. The van der Waals surface area contributed by atoms with Crippen molar-refractivity contribution in [3.05, 3.63) is 118 Å². The van der Waals surface area contributed by atoms with Crippen molar-refractivity contribution < 1.29 is 29.0 Å². The van der Waals surface area contributed by atoms with Crippen molar-refractivity contribution in [3.8, 4) is 22.5 Å². The summed E-state index contributed by atoms with van der Waals surface area (Å²) in [6.07, 6.45) is 3.68. The number of fused-ring (bicyclic) bond motifs is 2. The second-order valence-corrected chi connectivity index (χ2v) is 14.9. The minimum absolute atomic E-state index is 0.0162. The second-order valence-electron chi connectivity index (χ2n) is 14.9. The number of ether oxygens (including phenoxy) is 1. The lowest BCUT2D eigenvalue weighted by molar-refractivity contribution is -0.136. The monoisotopic (exact) mass is 839 g/mol. The van der Waals surface area contributed by atoms with E-state index < -0.39 is 5.97 Å². The summed E-state index contributed by atoms with van der Waals surface area (Å²) in [5.74, 6) is -0.120. The largest absolute Gasteiger partial charge is 0.481 e. The van der Waals surface area contributed by atoms with Crippen LogP contribution < -0.4 is 26.6 Å². The maximum absolute atomic E-state index is 12.4. The number of methoxy groups -OCH3 is 1. The number of carbonyl (C=O) groups is 4. The van der Waals surface area contributed by atoms with Crippen LogP contribution in [-0.4, -0.2) is 91.2 Å². The van der Waals surface area contributed by atoms with Crippen molar-refractivity contribution >= 4 is 47.0 Å². The maximum Gasteiger partial charge on any atom is 0.307 e. The average Bonchev–Trinajstić information content (AvgIpc) is 3.67. The van der Waals surface area contributed by atoms with Gasteiger partial charge in [-0.2, -0.15) is 0 Å². The lowest BCUT2D eigenvalue weighted by atomic mass is 10.1. The third-order valence-corrected chi connectivity index (χ3v) is 10.8. The van der Waals surface area contributed by atoms with E-state index in [1.165, 1.54) is 0 Å². The fraction of sp³-hybridized carbons (Fsp3) is 0.289. The van der Waals surface area contributed by atoms with Crippen LogP contribution in [0.15, 0.2) is 73.1 Å². The predicted octanol–water partition coefficient (Wildman–Crippen LogP) is 5.03. The molecule has 6 aromatic rings. The number of aliphatic carboxylic acids is 1. The number of hydrogen-bond acceptors (Lipinski definition) is 11. The van der Waals surface area contributed by atoms with Gasteiger partial charge in [0.25, 0.3) is 11.8 Å². The van der Waals surface area contributed by atoms with Gasteiger partial charge in [-0.15, -0.1) is 0 Å². The van der Waals surface area contributed by atoms with E-state index in [2.05, 4.69) is 46.1 Å². The van der Waals surface area contributed by atoms with Crippen LogP contribution in [0.25, 0.3) is 22.5 Å². The molecule has 0 radical (unpaired) electrons. The molecule has 4 aromatic heterocycles. The third kappa shape index (κ3) is 9.47. The molecule has 6 N–H and O–H groups in total. The highest BCUT2D eigenvalue weighted by atomic mass is 16.5. The first kappa shape index (κ1) is 42.7. The van der Waals surface area contributed by atoms with Crippen LogP contribution in [0, 0.1) is 27.7 Å². The summed E-state index contributed by atoms with van der Waals surface area (Å²) in [7, 11) is 1.60. The highest BCUT2D eigenvalue weighted by molar-refractivity contribution is 5.98. The van der Waals surface area contributed by atoms with Gasteiger partial charge >= 0.3 is 5.97 Å². The summed E-state index contributed by atoms with van der Waals surface area (Å²) in [6.45, 7) is 11.6. The van der Waals surface area contributed by atoms with E-state index in [0.717, 1.165) is 80.6 Å². The Morgan fingerprint density at radius 1 is 0.694 bits per heavy atom. The van der Waals surface area contributed by atoms with Crippen LogP contribution in [0.1, 0.15) is 54.6 Å². The maximum atomic E-state index is 12.4. The van der Waals surface area contributed by atoms with Crippen molar-refractivity contribution in [1.82, 2.24) is 45.0 Å². The number of anilines is 4. The van der Waals surface area contributed by atoms with Gasteiger partial charge in [0.15, 0.2) is 0 Å². The Labute approximate surface area is 358 Å². The van der Waals surface area contributed by atoms with Gasteiger partial charge in [0, 0.05) is 86.1 Å². The number of carboxylic acid groups (broad SMARTS) is 1. The fourth-order valence-corrected chi connectivity index (χ4v) is 7.92. The number of nitrogens with one attached hydrogen (secondary N) is 5. The Morgan fingerprint density at radius 2 is 1.15 bits per heavy atom. The van der Waals surface area contributed by atoms with Crippen molar-refractivity contribution in [1.29, 1.82) is 0 Å². The topological polar surface area (TPSA) is 219 Å². The SMILES string of the molecule is COCCNC(=O)Cc1ccc(Nc2nccc(-c3c(C)c4n(c3C)CCNC4=O)n2)cc1.Cc1c(-c2ccnc(Nc3ccc(CC(=O)O)cc3)n2)c(C)n2c1C(=O)NCC2. The quantitative estimate of drug-likeness (QED) is 0.0844. The Kier molecular flexibility index (Phi) is 13.0. The van der Waals surface area contributed by atoms with Crippen LogP contribution in [0.3, 0.4) is 0 Å².